The molecule has 0 bridgehead atoms. The lowest BCUT2D eigenvalue weighted by atomic mass is 10.1. The molecule has 2 aliphatic heterocycles. The number of nitrogens with zero attached hydrogens (tertiary/aromatic N) is 3. The van der Waals surface area contributed by atoms with Gasteiger partial charge in [-0.2, -0.15) is 0 Å². The number of rotatable bonds is 9. The topological polar surface area (TPSA) is 118 Å². The number of hydrogen-bond donors (Lipinski definition) is 1. The molecule has 4 amide bonds. The average Bonchev–Trinajstić information content (AvgIpc) is 3.37. The lowest BCUT2D eigenvalue weighted by Gasteiger charge is -2.43. The van der Waals surface area contributed by atoms with Crippen LogP contribution in [0.5, 0.6) is 0 Å². The molecule has 43 heavy (non-hydrogen) atoms. The summed E-state index contributed by atoms with van der Waals surface area (Å²) < 4.78 is 31.8. The van der Waals surface area contributed by atoms with Gasteiger partial charge in [0.05, 0.1) is 30.5 Å². The predicted octanol–water partition coefficient (Wildman–Crippen LogP) is 4.45. The van der Waals surface area contributed by atoms with Crippen molar-refractivity contribution in [1.82, 2.24) is 10.2 Å². The lowest BCUT2D eigenvalue weighted by Crippen LogP contribution is -2.63. The molecule has 0 radical (unpaired) electrons. The third-order valence-electron chi connectivity index (χ3n) is 7.05. The molecule has 0 unspecified atom stereocenters. The van der Waals surface area contributed by atoms with Gasteiger partial charge in [0.15, 0.2) is 0 Å². The first-order chi connectivity index (χ1) is 20.8. The number of cyclic esters (lactones) is 1. The molecule has 2 fully saturated rings. The summed E-state index contributed by atoms with van der Waals surface area (Å²) in [6.07, 6.45) is -2.60. The van der Waals surface area contributed by atoms with Crippen molar-refractivity contribution in [2.75, 3.05) is 36.0 Å². The van der Waals surface area contributed by atoms with E-state index in [1.807, 2.05) is 48.5 Å². The molecule has 5 rings (SSSR count). The third-order valence-corrected chi connectivity index (χ3v) is 7.05. The zero-order chi connectivity index (χ0) is 30.3. The van der Waals surface area contributed by atoms with E-state index < -0.39 is 36.2 Å². The minimum absolute atomic E-state index is 0.0271. The van der Waals surface area contributed by atoms with Crippen LogP contribution in [-0.4, -0.2) is 67.4 Å². The van der Waals surface area contributed by atoms with Gasteiger partial charge in [-0.3, -0.25) is 14.6 Å². The SMILES string of the molecule is CC(=O)NC[C@H]1CN(c2ccc(N(C(=O)OCc3ccccc3)C3CN(C(=O)OCc4ccccc4)C3)c(F)c2)C(=O)O1. The van der Waals surface area contributed by atoms with Gasteiger partial charge in [-0.25, -0.2) is 18.8 Å². The fraction of sp³-hybridized carbons (Fsp3) is 0.290. The Bertz CT molecular complexity index is 1470. The summed E-state index contributed by atoms with van der Waals surface area (Å²) in [4.78, 5) is 53.4. The van der Waals surface area contributed by atoms with Gasteiger partial charge in [-0.05, 0) is 29.3 Å². The maximum atomic E-state index is 15.6. The summed E-state index contributed by atoms with van der Waals surface area (Å²) >= 11 is 0. The summed E-state index contributed by atoms with van der Waals surface area (Å²) in [5, 5.41) is 2.59. The molecule has 12 heteroatoms. The van der Waals surface area contributed by atoms with Gasteiger partial charge in [0.25, 0.3) is 0 Å². The highest BCUT2D eigenvalue weighted by molar-refractivity contribution is 5.92. The smallest absolute Gasteiger partial charge is 0.415 e. The van der Waals surface area contributed by atoms with Crippen molar-refractivity contribution in [2.24, 2.45) is 0 Å². The molecular formula is C31H31FN4O7. The maximum Gasteiger partial charge on any atom is 0.415 e. The molecule has 1 atom stereocenters. The van der Waals surface area contributed by atoms with Gasteiger partial charge in [0, 0.05) is 20.0 Å². The average molecular weight is 591 g/mol. The van der Waals surface area contributed by atoms with E-state index in [2.05, 4.69) is 5.32 Å². The highest BCUT2D eigenvalue weighted by atomic mass is 19.1. The minimum Gasteiger partial charge on any atom is -0.445 e. The van der Waals surface area contributed by atoms with E-state index in [4.69, 9.17) is 14.2 Å². The monoisotopic (exact) mass is 590 g/mol. The molecule has 2 heterocycles. The van der Waals surface area contributed by atoms with Crippen LogP contribution in [0.15, 0.2) is 78.9 Å². The number of hydrogen-bond acceptors (Lipinski definition) is 7. The molecule has 2 aliphatic rings. The van der Waals surface area contributed by atoms with Gasteiger partial charge >= 0.3 is 18.3 Å². The molecule has 224 valence electrons. The zero-order valence-electron chi connectivity index (χ0n) is 23.5. The first-order valence-electron chi connectivity index (χ1n) is 13.8. The molecule has 11 nitrogen and oxygen atoms in total. The number of anilines is 2. The predicted molar refractivity (Wildman–Crippen MR) is 154 cm³/mol. The number of benzene rings is 3. The number of amides is 4. The highest BCUT2D eigenvalue weighted by Crippen LogP contribution is 2.32. The Hall–Kier alpha value is -5.13. The Morgan fingerprint density at radius 2 is 1.56 bits per heavy atom. The van der Waals surface area contributed by atoms with Crippen LogP contribution in [0.1, 0.15) is 18.1 Å². The quantitative estimate of drug-likeness (QED) is 0.366. The van der Waals surface area contributed by atoms with E-state index in [9.17, 15) is 19.2 Å². The van der Waals surface area contributed by atoms with Gasteiger partial charge in [-0.1, -0.05) is 60.7 Å². The number of likely N-dealkylation sites (tertiary alicyclic amines) is 1. The number of carbonyl (C=O) groups excluding carboxylic acids is 4. The lowest BCUT2D eigenvalue weighted by molar-refractivity contribution is -0.119. The Labute approximate surface area is 247 Å². The Kier molecular flexibility index (Phi) is 9.04. The van der Waals surface area contributed by atoms with Crippen LogP contribution in [0.3, 0.4) is 0 Å². The highest BCUT2D eigenvalue weighted by Gasteiger charge is 2.41. The van der Waals surface area contributed by atoms with E-state index in [-0.39, 0.29) is 56.7 Å². The van der Waals surface area contributed by atoms with Crippen molar-refractivity contribution in [3.8, 4) is 0 Å². The van der Waals surface area contributed by atoms with Crippen LogP contribution in [-0.2, 0) is 32.2 Å². The van der Waals surface area contributed by atoms with Crippen molar-refractivity contribution in [3.63, 3.8) is 0 Å². The summed E-state index contributed by atoms with van der Waals surface area (Å²) in [6, 6.07) is 21.8. The van der Waals surface area contributed by atoms with Gasteiger partial charge in [0.2, 0.25) is 5.91 Å². The first kappa shape index (κ1) is 29.4. The fourth-order valence-electron chi connectivity index (χ4n) is 4.77. The second-order valence-electron chi connectivity index (χ2n) is 10.2. The van der Waals surface area contributed by atoms with E-state index in [0.717, 1.165) is 17.2 Å². The molecule has 0 aromatic heterocycles. The molecular weight excluding hydrogens is 559 g/mol. The van der Waals surface area contributed by atoms with Crippen LogP contribution in [0.2, 0.25) is 0 Å². The van der Waals surface area contributed by atoms with Crippen molar-refractivity contribution in [2.45, 2.75) is 32.3 Å². The normalized spacial score (nSPS) is 16.2. The van der Waals surface area contributed by atoms with Gasteiger partial charge < -0.3 is 24.4 Å². The first-order valence-corrected chi connectivity index (χ1v) is 13.8. The Morgan fingerprint density at radius 1 is 0.930 bits per heavy atom. The Balaban J connectivity index is 1.28. The van der Waals surface area contributed by atoms with E-state index in [1.54, 1.807) is 12.1 Å². The van der Waals surface area contributed by atoms with Crippen molar-refractivity contribution >= 4 is 35.6 Å². The van der Waals surface area contributed by atoms with E-state index in [0.29, 0.717) is 0 Å². The molecule has 3 aromatic rings. The summed E-state index contributed by atoms with van der Waals surface area (Å²) in [5.74, 6) is -1.03. The molecule has 1 N–H and O–H groups in total. The Morgan fingerprint density at radius 3 is 2.16 bits per heavy atom. The van der Waals surface area contributed by atoms with Crippen LogP contribution < -0.4 is 15.1 Å². The third kappa shape index (κ3) is 7.21. The van der Waals surface area contributed by atoms with Crippen molar-refractivity contribution in [3.05, 3.63) is 95.8 Å². The summed E-state index contributed by atoms with van der Waals surface area (Å²) in [6.45, 7) is 1.89. The van der Waals surface area contributed by atoms with Crippen LogP contribution in [0.4, 0.5) is 30.1 Å². The van der Waals surface area contributed by atoms with Crippen molar-refractivity contribution in [1.29, 1.82) is 0 Å². The standard InChI is InChI=1S/C31H31FN4O7/c1-21(37)33-15-26-18-35(30(39)43-26)24-12-13-28(27(32)14-24)36(31(40)42-20-23-10-6-3-7-11-23)25-16-34(17-25)29(38)41-19-22-8-4-2-5-9-22/h2-14,25-26H,15-20H2,1H3,(H,33,37)/t26-/m0/s1. The van der Waals surface area contributed by atoms with E-state index in [1.165, 1.54) is 33.8 Å². The largest absolute Gasteiger partial charge is 0.445 e. The molecule has 0 spiro atoms. The number of nitrogens with one attached hydrogen (secondary N) is 1. The van der Waals surface area contributed by atoms with Crippen LogP contribution >= 0.6 is 0 Å². The minimum atomic E-state index is -0.784. The fourth-order valence-corrected chi connectivity index (χ4v) is 4.77. The number of halogens is 1. The number of carbonyl (C=O) groups is 4. The molecule has 3 aromatic carbocycles. The summed E-state index contributed by atoms with van der Waals surface area (Å²) in [5.41, 5.74) is 1.76. The second-order valence-corrected chi connectivity index (χ2v) is 10.2. The maximum absolute atomic E-state index is 15.6. The van der Waals surface area contributed by atoms with Crippen LogP contribution in [0.25, 0.3) is 0 Å². The van der Waals surface area contributed by atoms with Gasteiger partial charge in [-0.15, -0.1) is 0 Å². The van der Waals surface area contributed by atoms with Gasteiger partial charge in [0.1, 0.15) is 25.1 Å². The number of ether oxygens (including phenoxy) is 3. The molecule has 0 saturated carbocycles. The second kappa shape index (κ2) is 13.2. The van der Waals surface area contributed by atoms with E-state index >= 15 is 4.39 Å². The summed E-state index contributed by atoms with van der Waals surface area (Å²) in [7, 11) is 0. The molecule has 0 aliphatic carbocycles. The molecule has 2 saturated heterocycles. The van der Waals surface area contributed by atoms with Crippen LogP contribution in [0, 0.1) is 5.82 Å². The van der Waals surface area contributed by atoms with Crippen molar-refractivity contribution < 1.29 is 37.8 Å². The zero-order valence-corrected chi connectivity index (χ0v) is 23.5.